The molecule has 2 aliphatic rings. The number of nitrogens with one attached hydrogen (secondary N) is 1. The van der Waals surface area contributed by atoms with E-state index in [0.29, 0.717) is 11.3 Å². The second-order valence-corrected chi connectivity index (χ2v) is 6.89. The summed E-state index contributed by atoms with van der Waals surface area (Å²) in [5.41, 5.74) is 0.350. The molecule has 3 heteroatoms. The van der Waals surface area contributed by atoms with E-state index in [2.05, 4.69) is 31.0 Å². The predicted octanol–water partition coefficient (Wildman–Crippen LogP) is 1.86. The first-order valence-electron chi connectivity index (χ1n) is 7.66. The number of hydrogen-bond acceptors (Lipinski definition) is 3. The maximum absolute atomic E-state index is 9.99. The van der Waals surface area contributed by atoms with E-state index in [-0.39, 0.29) is 6.10 Å². The third-order valence-electron chi connectivity index (χ3n) is 4.86. The summed E-state index contributed by atoms with van der Waals surface area (Å²) in [5.74, 6) is 0.471. The van der Waals surface area contributed by atoms with Crippen molar-refractivity contribution in [2.45, 2.75) is 58.6 Å². The second kappa shape index (κ2) is 5.89. The molecule has 3 unspecified atom stereocenters. The molecular formula is C15H30N2O. The predicted molar refractivity (Wildman–Crippen MR) is 75.7 cm³/mol. The van der Waals surface area contributed by atoms with Crippen molar-refractivity contribution in [2.75, 3.05) is 26.2 Å². The quantitative estimate of drug-likeness (QED) is 0.759. The van der Waals surface area contributed by atoms with Gasteiger partial charge < -0.3 is 15.3 Å². The van der Waals surface area contributed by atoms with Gasteiger partial charge >= 0.3 is 0 Å². The number of piperidine rings is 1. The Kier molecular flexibility index (Phi) is 4.68. The van der Waals surface area contributed by atoms with Gasteiger partial charge in [-0.2, -0.15) is 0 Å². The van der Waals surface area contributed by atoms with Crippen LogP contribution < -0.4 is 5.32 Å². The number of aliphatic hydroxyl groups excluding tert-OH is 1. The van der Waals surface area contributed by atoms with E-state index in [1.165, 1.54) is 19.3 Å². The van der Waals surface area contributed by atoms with Crippen LogP contribution >= 0.6 is 0 Å². The fraction of sp³-hybridized carbons (Fsp3) is 1.00. The van der Waals surface area contributed by atoms with Crippen molar-refractivity contribution in [3.05, 3.63) is 0 Å². The van der Waals surface area contributed by atoms with Gasteiger partial charge in [0.2, 0.25) is 0 Å². The highest BCUT2D eigenvalue weighted by Gasteiger charge is 2.32. The standard InChI is InChI=1S/C15H30N2O/c1-4-15(3,10-16-13-5-6-13)11-17-8-7-12(2)14(18)9-17/h12-14,16,18H,4-11H2,1-3H3. The molecule has 18 heavy (non-hydrogen) atoms. The van der Waals surface area contributed by atoms with Crippen LogP contribution in [0.1, 0.15) is 46.5 Å². The first-order valence-corrected chi connectivity index (χ1v) is 7.66. The Morgan fingerprint density at radius 3 is 2.61 bits per heavy atom. The lowest BCUT2D eigenvalue weighted by molar-refractivity contribution is 0.0114. The zero-order chi connectivity index (χ0) is 13.2. The summed E-state index contributed by atoms with van der Waals surface area (Å²) < 4.78 is 0. The van der Waals surface area contributed by atoms with Crippen LogP contribution in [0.15, 0.2) is 0 Å². The summed E-state index contributed by atoms with van der Waals surface area (Å²) in [6.45, 7) is 11.1. The van der Waals surface area contributed by atoms with Gasteiger partial charge in [0, 0.05) is 25.7 Å². The smallest absolute Gasteiger partial charge is 0.0693 e. The van der Waals surface area contributed by atoms with Gasteiger partial charge in [-0.3, -0.25) is 0 Å². The highest BCUT2D eigenvalue weighted by molar-refractivity contribution is 4.88. The van der Waals surface area contributed by atoms with Gasteiger partial charge in [0.15, 0.2) is 0 Å². The van der Waals surface area contributed by atoms with Gasteiger partial charge in [0.1, 0.15) is 0 Å². The Labute approximate surface area is 112 Å². The van der Waals surface area contributed by atoms with Crippen molar-refractivity contribution >= 4 is 0 Å². The van der Waals surface area contributed by atoms with E-state index < -0.39 is 0 Å². The zero-order valence-corrected chi connectivity index (χ0v) is 12.3. The number of β-amino-alcohol motifs (C(OH)–C–C–N with tert-alkyl or cyclic N) is 1. The average Bonchev–Trinajstić information content (AvgIpc) is 3.16. The molecule has 1 aliphatic heterocycles. The summed E-state index contributed by atoms with van der Waals surface area (Å²) in [6, 6.07) is 0.794. The molecule has 2 N–H and O–H groups in total. The largest absolute Gasteiger partial charge is 0.392 e. The summed E-state index contributed by atoms with van der Waals surface area (Å²) in [4.78, 5) is 2.46. The number of rotatable bonds is 6. The monoisotopic (exact) mass is 254 g/mol. The van der Waals surface area contributed by atoms with E-state index in [1.54, 1.807) is 0 Å². The Morgan fingerprint density at radius 2 is 2.06 bits per heavy atom. The fourth-order valence-corrected chi connectivity index (χ4v) is 2.77. The molecule has 0 aromatic heterocycles. The van der Waals surface area contributed by atoms with Crippen molar-refractivity contribution in [1.29, 1.82) is 0 Å². The molecule has 0 amide bonds. The lowest BCUT2D eigenvalue weighted by atomic mass is 9.85. The normalized spacial score (nSPS) is 33.3. The van der Waals surface area contributed by atoms with Crippen LogP contribution in [-0.2, 0) is 0 Å². The highest BCUT2D eigenvalue weighted by Crippen LogP contribution is 2.27. The number of likely N-dealkylation sites (tertiary alicyclic amines) is 1. The summed E-state index contributed by atoms with van der Waals surface area (Å²) in [7, 11) is 0. The molecule has 1 aliphatic carbocycles. The Morgan fingerprint density at radius 1 is 1.33 bits per heavy atom. The summed E-state index contributed by atoms with van der Waals surface area (Å²) in [6.07, 6.45) is 4.93. The number of nitrogens with zero attached hydrogens (tertiary/aromatic N) is 1. The Balaban J connectivity index is 1.80. The molecular weight excluding hydrogens is 224 g/mol. The first kappa shape index (κ1) is 14.3. The van der Waals surface area contributed by atoms with Crippen molar-refractivity contribution in [2.24, 2.45) is 11.3 Å². The van der Waals surface area contributed by atoms with Crippen LogP contribution in [0.5, 0.6) is 0 Å². The van der Waals surface area contributed by atoms with Crippen LogP contribution in [0, 0.1) is 11.3 Å². The Bertz CT molecular complexity index is 267. The van der Waals surface area contributed by atoms with Crippen LogP contribution in [0.4, 0.5) is 0 Å². The summed E-state index contributed by atoms with van der Waals surface area (Å²) in [5, 5.41) is 13.7. The molecule has 1 saturated carbocycles. The minimum atomic E-state index is -0.128. The molecule has 2 fully saturated rings. The van der Waals surface area contributed by atoms with Crippen LogP contribution in [0.2, 0.25) is 0 Å². The van der Waals surface area contributed by atoms with Gasteiger partial charge in [-0.25, -0.2) is 0 Å². The molecule has 2 rings (SSSR count). The first-order chi connectivity index (χ1) is 8.52. The van der Waals surface area contributed by atoms with Crippen LogP contribution in [-0.4, -0.2) is 48.3 Å². The maximum atomic E-state index is 9.99. The topological polar surface area (TPSA) is 35.5 Å². The van der Waals surface area contributed by atoms with Crippen molar-refractivity contribution in [1.82, 2.24) is 10.2 Å². The molecule has 0 spiro atoms. The van der Waals surface area contributed by atoms with E-state index in [0.717, 1.165) is 38.6 Å². The lowest BCUT2D eigenvalue weighted by Gasteiger charge is -2.40. The second-order valence-electron chi connectivity index (χ2n) is 6.89. The van der Waals surface area contributed by atoms with Crippen molar-refractivity contribution < 1.29 is 5.11 Å². The van der Waals surface area contributed by atoms with Crippen molar-refractivity contribution in [3.8, 4) is 0 Å². The zero-order valence-electron chi connectivity index (χ0n) is 12.3. The fourth-order valence-electron chi connectivity index (χ4n) is 2.77. The average molecular weight is 254 g/mol. The van der Waals surface area contributed by atoms with Gasteiger partial charge in [-0.1, -0.05) is 20.8 Å². The molecule has 0 radical (unpaired) electrons. The Hall–Kier alpha value is -0.120. The van der Waals surface area contributed by atoms with E-state index >= 15 is 0 Å². The van der Waals surface area contributed by atoms with E-state index in [4.69, 9.17) is 0 Å². The van der Waals surface area contributed by atoms with E-state index in [1.807, 2.05) is 0 Å². The minimum absolute atomic E-state index is 0.128. The third-order valence-corrected chi connectivity index (χ3v) is 4.86. The van der Waals surface area contributed by atoms with Gasteiger partial charge in [0.05, 0.1) is 6.10 Å². The lowest BCUT2D eigenvalue weighted by Crippen LogP contribution is -2.49. The van der Waals surface area contributed by atoms with Crippen LogP contribution in [0.3, 0.4) is 0 Å². The molecule has 3 nitrogen and oxygen atoms in total. The van der Waals surface area contributed by atoms with Gasteiger partial charge in [0.25, 0.3) is 0 Å². The maximum Gasteiger partial charge on any atom is 0.0693 e. The highest BCUT2D eigenvalue weighted by atomic mass is 16.3. The number of aliphatic hydroxyl groups is 1. The number of hydrogen-bond donors (Lipinski definition) is 2. The molecule has 106 valence electrons. The third kappa shape index (κ3) is 3.94. The molecule has 0 aromatic rings. The van der Waals surface area contributed by atoms with Crippen molar-refractivity contribution in [3.63, 3.8) is 0 Å². The molecule has 3 atom stereocenters. The molecule has 1 heterocycles. The van der Waals surface area contributed by atoms with E-state index in [9.17, 15) is 5.11 Å². The summed E-state index contributed by atoms with van der Waals surface area (Å²) >= 11 is 0. The van der Waals surface area contributed by atoms with Gasteiger partial charge in [-0.15, -0.1) is 0 Å². The van der Waals surface area contributed by atoms with Crippen LogP contribution in [0.25, 0.3) is 0 Å². The minimum Gasteiger partial charge on any atom is -0.392 e. The molecule has 0 aromatic carbocycles. The molecule has 0 bridgehead atoms. The SMILES string of the molecule is CCC(C)(CNC1CC1)CN1CCC(C)C(O)C1. The van der Waals surface area contributed by atoms with Gasteiger partial charge in [-0.05, 0) is 43.6 Å². The molecule has 1 saturated heterocycles.